The van der Waals surface area contributed by atoms with Gasteiger partial charge in [-0.05, 0) is 48.0 Å². The fraction of sp³-hybridized carbons (Fsp3) is 0.0952. The molecule has 4 rings (SSSR count). The first kappa shape index (κ1) is 15.7. The average Bonchev–Trinajstić information content (AvgIpc) is 3.02. The molecule has 0 bridgehead atoms. The minimum atomic E-state index is 0.515. The second-order valence-electron chi connectivity index (χ2n) is 5.95. The van der Waals surface area contributed by atoms with Crippen molar-refractivity contribution in [1.29, 1.82) is 0 Å². The van der Waals surface area contributed by atoms with Crippen LogP contribution < -0.4 is 10.5 Å². The molecule has 1 heterocycles. The highest BCUT2D eigenvalue weighted by molar-refractivity contribution is 7.15. The zero-order valence-corrected chi connectivity index (χ0v) is 14.7. The van der Waals surface area contributed by atoms with Crippen molar-refractivity contribution in [3.05, 3.63) is 77.3 Å². The number of nitrogens with zero attached hydrogens (tertiary/aromatic N) is 1. The number of aromatic nitrogens is 1. The fourth-order valence-electron chi connectivity index (χ4n) is 2.72. The van der Waals surface area contributed by atoms with Crippen LogP contribution in [0, 0.1) is 6.92 Å². The van der Waals surface area contributed by atoms with Crippen LogP contribution in [0.4, 0.5) is 5.69 Å². The zero-order chi connectivity index (χ0) is 17.2. The lowest BCUT2D eigenvalue weighted by molar-refractivity contribution is 0.309. The van der Waals surface area contributed by atoms with Gasteiger partial charge in [-0.1, -0.05) is 36.4 Å². The van der Waals surface area contributed by atoms with Crippen LogP contribution in [0.1, 0.15) is 10.6 Å². The van der Waals surface area contributed by atoms with Gasteiger partial charge in [-0.2, -0.15) is 0 Å². The summed E-state index contributed by atoms with van der Waals surface area (Å²) >= 11 is 1.68. The van der Waals surface area contributed by atoms with Gasteiger partial charge in [0.05, 0.1) is 10.6 Å². The molecular formula is C21H18N2OS. The molecule has 0 saturated carbocycles. The van der Waals surface area contributed by atoms with Crippen molar-refractivity contribution in [3.63, 3.8) is 0 Å². The number of hydrogen-bond donors (Lipinski definition) is 1. The molecule has 25 heavy (non-hydrogen) atoms. The lowest BCUT2D eigenvalue weighted by atomic mass is 10.1. The third kappa shape index (κ3) is 3.35. The Hall–Kier alpha value is -2.85. The molecule has 4 heteroatoms. The van der Waals surface area contributed by atoms with E-state index < -0.39 is 0 Å². The first-order chi connectivity index (χ1) is 12.2. The number of thiazole rings is 1. The molecule has 0 atom stereocenters. The minimum absolute atomic E-state index is 0.515. The van der Waals surface area contributed by atoms with E-state index in [1.807, 2.05) is 31.2 Å². The topological polar surface area (TPSA) is 48.1 Å². The Labute approximate surface area is 150 Å². The van der Waals surface area contributed by atoms with Crippen molar-refractivity contribution in [3.8, 4) is 16.3 Å². The third-order valence-electron chi connectivity index (χ3n) is 4.14. The maximum absolute atomic E-state index is 5.86. The van der Waals surface area contributed by atoms with Gasteiger partial charge >= 0.3 is 0 Å². The second kappa shape index (κ2) is 6.57. The molecule has 0 radical (unpaired) electrons. The number of benzene rings is 3. The van der Waals surface area contributed by atoms with Crippen LogP contribution in [0.3, 0.4) is 0 Å². The number of nitrogen functional groups attached to an aromatic ring is 1. The number of rotatable bonds is 4. The fourth-order valence-corrected chi connectivity index (χ4v) is 3.69. The van der Waals surface area contributed by atoms with Crippen LogP contribution in [0.15, 0.2) is 66.7 Å². The monoisotopic (exact) mass is 346 g/mol. The van der Waals surface area contributed by atoms with Gasteiger partial charge in [0.15, 0.2) is 0 Å². The largest absolute Gasteiger partial charge is 0.488 e. The summed E-state index contributed by atoms with van der Waals surface area (Å²) in [5.74, 6) is 0.814. The van der Waals surface area contributed by atoms with E-state index in [2.05, 4.69) is 42.5 Å². The van der Waals surface area contributed by atoms with Crippen LogP contribution in [-0.4, -0.2) is 4.98 Å². The van der Waals surface area contributed by atoms with Crippen LogP contribution in [-0.2, 0) is 6.61 Å². The van der Waals surface area contributed by atoms with Crippen molar-refractivity contribution in [2.75, 3.05) is 5.73 Å². The van der Waals surface area contributed by atoms with Gasteiger partial charge in [0, 0.05) is 11.3 Å². The van der Waals surface area contributed by atoms with Gasteiger partial charge in [-0.25, -0.2) is 4.98 Å². The molecule has 1 aromatic heterocycles. The first-order valence-corrected chi connectivity index (χ1v) is 8.94. The molecule has 3 nitrogen and oxygen atoms in total. The highest BCUT2D eigenvalue weighted by Gasteiger charge is 2.10. The standard InChI is InChI=1S/C21H18N2OS/c1-14-20(13-24-19-10-8-18(22)9-11-19)25-21(23-14)17-7-6-15-4-2-3-5-16(15)12-17/h2-12H,13,22H2,1H3. The summed E-state index contributed by atoms with van der Waals surface area (Å²) in [6.07, 6.45) is 0. The average molecular weight is 346 g/mol. The summed E-state index contributed by atoms with van der Waals surface area (Å²) in [7, 11) is 0. The zero-order valence-electron chi connectivity index (χ0n) is 13.9. The molecule has 0 aliphatic carbocycles. The van der Waals surface area contributed by atoms with E-state index in [9.17, 15) is 0 Å². The van der Waals surface area contributed by atoms with Gasteiger partial charge in [-0.15, -0.1) is 11.3 Å². The summed E-state index contributed by atoms with van der Waals surface area (Å²) in [4.78, 5) is 5.87. The van der Waals surface area contributed by atoms with Gasteiger partial charge < -0.3 is 10.5 Å². The predicted octanol–water partition coefficient (Wildman–Crippen LogP) is 5.43. The van der Waals surface area contributed by atoms with Crippen molar-refractivity contribution >= 4 is 27.8 Å². The van der Waals surface area contributed by atoms with E-state index in [1.54, 1.807) is 11.3 Å². The van der Waals surface area contributed by atoms with Crippen LogP contribution in [0.25, 0.3) is 21.3 Å². The number of fused-ring (bicyclic) bond motifs is 1. The van der Waals surface area contributed by atoms with Crippen LogP contribution >= 0.6 is 11.3 Å². The molecular weight excluding hydrogens is 328 g/mol. The highest BCUT2D eigenvalue weighted by atomic mass is 32.1. The molecule has 0 aliphatic rings. The number of aryl methyl sites for hydroxylation is 1. The smallest absolute Gasteiger partial charge is 0.124 e. The van der Waals surface area contributed by atoms with Crippen LogP contribution in [0.2, 0.25) is 0 Å². The SMILES string of the molecule is Cc1nc(-c2ccc3ccccc3c2)sc1COc1ccc(N)cc1. The normalized spacial score (nSPS) is 10.9. The Kier molecular flexibility index (Phi) is 4.12. The van der Waals surface area contributed by atoms with Gasteiger partial charge in [-0.3, -0.25) is 0 Å². The Morgan fingerprint density at radius 3 is 2.52 bits per heavy atom. The van der Waals surface area contributed by atoms with Crippen LogP contribution in [0.5, 0.6) is 5.75 Å². The van der Waals surface area contributed by atoms with E-state index in [1.165, 1.54) is 10.8 Å². The Bertz CT molecular complexity index is 1020. The molecule has 0 fully saturated rings. The van der Waals surface area contributed by atoms with Crippen molar-refractivity contribution in [2.24, 2.45) is 0 Å². The predicted molar refractivity (Wildman–Crippen MR) is 105 cm³/mol. The van der Waals surface area contributed by atoms with E-state index in [0.29, 0.717) is 6.61 Å². The molecule has 3 aromatic carbocycles. The lowest BCUT2D eigenvalue weighted by Gasteiger charge is -2.05. The molecule has 124 valence electrons. The summed E-state index contributed by atoms with van der Waals surface area (Å²) in [6.45, 7) is 2.55. The van der Waals surface area contributed by atoms with Crippen molar-refractivity contribution in [1.82, 2.24) is 4.98 Å². The molecule has 2 N–H and O–H groups in total. The molecule has 0 spiro atoms. The Morgan fingerprint density at radius 2 is 1.72 bits per heavy atom. The van der Waals surface area contributed by atoms with E-state index in [4.69, 9.17) is 15.5 Å². The summed E-state index contributed by atoms with van der Waals surface area (Å²) in [5.41, 5.74) is 8.60. The summed E-state index contributed by atoms with van der Waals surface area (Å²) in [6, 6.07) is 22.3. The molecule has 0 unspecified atom stereocenters. The Balaban J connectivity index is 1.57. The molecule has 0 amide bonds. The lowest BCUT2D eigenvalue weighted by Crippen LogP contribution is -1.95. The van der Waals surface area contributed by atoms with Gasteiger partial charge in [0.2, 0.25) is 0 Å². The quantitative estimate of drug-likeness (QED) is 0.501. The van der Waals surface area contributed by atoms with Gasteiger partial charge in [0.1, 0.15) is 17.4 Å². The maximum atomic E-state index is 5.86. The summed E-state index contributed by atoms with van der Waals surface area (Å²) < 4.78 is 5.86. The van der Waals surface area contributed by atoms with E-state index in [-0.39, 0.29) is 0 Å². The molecule has 4 aromatic rings. The molecule has 0 saturated heterocycles. The number of nitrogens with two attached hydrogens (primary N) is 1. The van der Waals surface area contributed by atoms with Crippen molar-refractivity contribution in [2.45, 2.75) is 13.5 Å². The van der Waals surface area contributed by atoms with E-state index >= 15 is 0 Å². The number of anilines is 1. The third-order valence-corrected chi connectivity index (χ3v) is 5.32. The molecule has 0 aliphatic heterocycles. The summed E-state index contributed by atoms with van der Waals surface area (Å²) in [5, 5.41) is 3.50. The first-order valence-electron chi connectivity index (χ1n) is 8.13. The number of ether oxygens (including phenoxy) is 1. The minimum Gasteiger partial charge on any atom is -0.488 e. The highest BCUT2D eigenvalue weighted by Crippen LogP contribution is 2.31. The van der Waals surface area contributed by atoms with E-state index in [0.717, 1.165) is 32.6 Å². The van der Waals surface area contributed by atoms with Gasteiger partial charge in [0.25, 0.3) is 0 Å². The Morgan fingerprint density at radius 1 is 0.960 bits per heavy atom. The number of hydrogen-bond acceptors (Lipinski definition) is 4. The van der Waals surface area contributed by atoms with Crippen molar-refractivity contribution < 1.29 is 4.74 Å². The maximum Gasteiger partial charge on any atom is 0.124 e. The second-order valence-corrected chi connectivity index (χ2v) is 7.03.